The van der Waals surface area contributed by atoms with E-state index in [4.69, 9.17) is 21.3 Å². The average Bonchev–Trinajstić information content (AvgIpc) is 3.73. The maximum Gasteiger partial charge on any atom is 0.176 e. The number of aldehydes is 1. The maximum atomic E-state index is 12.2. The quantitative estimate of drug-likeness (QED) is 0.276. The number of carbonyl (C=O) groups excluding carboxylic acids is 1. The number of aromatic hydroxyl groups is 1. The predicted molar refractivity (Wildman–Crippen MR) is 157 cm³/mol. The Labute approximate surface area is 236 Å². The van der Waals surface area contributed by atoms with Crippen LogP contribution in [0.1, 0.15) is 57.9 Å². The molecule has 0 atom stereocenters. The van der Waals surface area contributed by atoms with Crippen molar-refractivity contribution < 1.29 is 14.6 Å². The Bertz CT molecular complexity index is 1300. The van der Waals surface area contributed by atoms with Crippen molar-refractivity contribution in [3.63, 3.8) is 0 Å². The summed E-state index contributed by atoms with van der Waals surface area (Å²) in [7, 11) is 1.51. The molecule has 6 nitrogen and oxygen atoms in total. The van der Waals surface area contributed by atoms with Gasteiger partial charge in [0.05, 0.1) is 23.1 Å². The first kappa shape index (κ1) is 28.5. The van der Waals surface area contributed by atoms with Crippen molar-refractivity contribution in [2.24, 2.45) is 0 Å². The highest BCUT2D eigenvalue weighted by Gasteiger charge is 2.46. The fraction of sp³-hybridized carbons (Fsp3) is 0.467. The van der Waals surface area contributed by atoms with Crippen molar-refractivity contribution in [3.8, 4) is 22.6 Å². The van der Waals surface area contributed by atoms with Gasteiger partial charge in [0.1, 0.15) is 6.29 Å². The van der Waals surface area contributed by atoms with Gasteiger partial charge in [0.2, 0.25) is 0 Å². The highest BCUT2D eigenvalue weighted by molar-refractivity contribution is 6.32. The van der Waals surface area contributed by atoms with Gasteiger partial charge in [-0.25, -0.2) is 0 Å². The van der Waals surface area contributed by atoms with Crippen LogP contribution in [0.4, 0.5) is 5.69 Å². The molecule has 0 aliphatic heterocycles. The van der Waals surface area contributed by atoms with Crippen LogP contribution in [0.2, 0.25) is 5.02 Å². The summed E-state index contributed by atoms with van der Waals surface area (Å²) in [5.74, 6) is 0.262. The molecule has 38 heavy (non-hydrogen) atoms. The van der Waals surface area contributed by atoms with Crippen LogP contribution >= 0.6 is 24.0 Å². The first-order valence-electron chi connectivity index (χ1n) is 13.4. The van der Waals surface area contributed by atoms with Gasteiger partial charge in [-0.1, -0.05) is 31.5 Å². The zero-order chi connectivity index (χ0) is 26.2. The smallest absolute Gasteiger partial charge is 0.176 e. The summed E-state index contributed by atoms with van der Waals surface area (Å²) in [5, 5.41) is 15.3. The molecule has 3 aromatic rings. The van der Waals surface area contributed by atoms with Gasteiger partial charge >= 0.3 is 0 Å². The van der Waals surface area contributed by atoms with Crippen molar-refractivity contribution in [1.29, 1.82) is 0 Å². The molecule has 2 aliphatic carbocycles. The first-order valence-corrected chi connectivity index (χ1v) is 13.8. The number of halogens is 2. The van der Waals surface area contributed by atoms with E-state index in [1.807, 2.05) is 18.3 Å². The minimum Gasteiger partial charge on any atom is -0.503 e. The molecule has 0 amide bonds. The van der Waals surface area contributed by atoms with E-state index in [1.54, 1.807) is 12.1 Å². The van der Waals surface area contributed by atoms with Crippen LogP contribution in [-0.2, 0) is 10.2 Å². The van der Waals surface area contributed by atoms with Crippen molar-refractivity contribution in [1.82, 2.24) is 9.88 Å². The molecule has 0 bridgehead atoms. The number of anilines is 1. The van der Waals surface area contributed by atoms with E-state index in [0.29, 0.717) is 17.8 Å². The van der Waals surface area contributed by atoms with E-state index < -0.39 is 5.41 Å². The molecule has 0 saturated heterocycles. The first-order chi connectivity index (χ1) is 17.9. The number of nitrogens with zero attached hydrogens (tertiary/aromatic N) is 2. The normalized spacial score (nSPS) is 20.1. The number of methoxy groups -OCH3 is 1. The van der Waals surface area contributed by atoms with Gasteiger partial charge in [-0.15, -0.1) is 12.4 Å². The van der Waals surface area contributed by atoms with Crippen LogP contribution in [0.5, 0.6) is 11.5 Å². The summed E-state index contributed by atoms with van der Waals surface area (Å²) in [5.41, 5.74) is 4.25. The molecule has 2 N–H and O–H groups in total. The lowest BCUT2D eigenvalue weighted by Gasteiger charge is -2.37. The third-order valence-electron chi connectivity index (χ3n) is 8.37. The number of pyridine rings is 1. The molecular formula is C30H37Cl2N3O3. The summed E-state index contributed by atoms with van der Waals surface area (Å²) >= 11 is 6.30. The van der Waals surface area contributed by atoms with Crippen LogP contribution in [0.25, 0.3) is 22.0 Å². The van der Waals surface area contributed by atoms with Crippen LogP contribution in [0, 0.1) is 0 Å². The summed E-state index contributed by atoms with van der Waals surface area (Å²) in [4.78, 5) is 19.5. The number of benzene rings is 2. The molecule has 1 aromatic heterocycles. The molecule has 2 fully saturated rings. The second kappa shape index (κ2) is 11.7. The van der Waals surface area contributed by atoms with Crippen LogP contribution in [0.3, 0.4) is 0 Å². The number of hydrogen-bond donors (Lipinski definition) is 2. The number of rotatable bonds is 9. The van der Waals surface area contributed by atoms with Crippen molar-refractivity contribution in [2.75, 3.05) is 25.5 Å². The molecule has 1 heterocycles. The molecule has 2 aromatic carbocycles. The SMILES string of the molecule is CCN(CC)C1CCC(Nc2c(C3(C=O)CC3)cnc3ccc(-c4cc(Cl)c(O)c(OC)c4)cc23)CC1.Cl. The lowest BCUT2D eigenvalue weighted by molar-refractivity contribution is -0.109. The molecule has 5 rings (SSSR count). The zero-order valence-corrected chi connectivity index (χ0v) is 23.9. The predicted octanol–water partition coefficient (Wildman–Crippen LogP) is 6.99. The van der Waals surface area contributed by atoms with E-state index in [-0.39, 0.29) is 23.2 Å². The van der Waals surface area contributed by atoms with Gasteiger partial charge in [0.15, 0.2) is 11.5 Å². The Morgan fingerprint density at radius 2 is 1.84 bits per heavy atom. The number of aromatic nitrogens is 1. The minimum atomic E-state index is -0.441. The fourth-order valence-electron chi connectivity index (χ4n) is 5.92. The van der Waals surface area contributed by atoms with Crippen LogP contribution < -0.4 is 10.1 Å². The molecule has 0 radical (unpaired) electrons. The van der Waals surface area contributed by atoms with Crippen molar-refractivity contribution in [2.45, 2.75) is 69.9 Å². The van der Waals surface area contributed by atoms with Gasteiger partial charge in [-0.05, 0) is 87.0 Å². The second-order valence-corrected chi connectivity index (χ2v) is 10.8. The summed E-state index contributed by atoms with van der Waals surface area (Å²) in [6.07, 6.45) is 9.27. The van der Waals surface area contributed by atoms with Gasteiger partial charge in [0, 0.05) is 34.9 Å². The Hall–Kier alpha value is -2.54. The molecule has 0 unspecified atom stereocenters. The fourth-order valence-corrected chi connectivity index (χ4v) is 6.13. The van der Waals surface area contributed by atoms with Gasteiger partial charge in [0.25, 0.3) is 0 Å². The van der Waals surface area contributed by atoms with Crippen LogP contribution in [0.15, 0.2) is 36.5 Å². The van der Waals surface area contributed by atoms with E-state index in [2.05, 4.69) is 30.1 Å². The number of phenols is 1. The summed E-state index contributed by atoms with van der Waals surface area (Å²) < 4.78 is 5.33. The standard InChI is InChI=1S/C30H36ClN3O3.ClH/c1-4-34(5-2)22-9-7-21(8-10-22)33-28-23-14-19(20-15-25(31)29(36)27(16-20)37-3)6-11-26(23)32-17-24(28)30(18-35)12-13-30;/h6,11,14-18,21-22,36H,4-5,7-10,12-13H2,1-3H3,(H,32,33);1H. The Kier molecular flexibility index (Phi) is 8.75. The van der Waals surface area contributed by atoms with Gasteiger partial charge < -0.3 is 24.9 Å². The number of carbonyl (C=O) groups is 1. The molecular weight excluding hydrogens is 521 g/mol. The number of phenolic OH excluding ortho intramolecular Hbond substituents is 1. The van der Waals surface area contributed by atoms with Gasteiger partial charge in [-0.2, -0.15) is 0 Å². The van der Waals surface area contributed by atoms with Gasteiger partial charge in [-0.3, -0.25) is 4.98 Å². The highest BCUT2D eigenvalue weighted by atomic mass is 35.5. The average molecular weight is 559 g/mol. The number of ether oxygens (including phenoxy) is 1. The maximum absolute atomic E-state index is 12.2. The number of fused-ring (bicyclic) bond motifs is 1. The third kappa shape index (κ3) is 5.31. The molecule has 8 heteroatoms. The molecule has 2 aliphatic rings. The monoisotopic (exact) mass is 557 g/mol. The lowest BCUT2D eigenvalue weighted by atomic mass is 9.88. The van der Waals surface area contributed by atoms with Crippen molar-refractivity contribution >= 4 is 46.9 Å². The summed E-state index contributed by atoms with van der Waals surface area (Å²) in [6.45, 7) is 6.67. The number of hydrogen-bond acceptors (Lipinski definition) is 6. The van der Waals surface area contributed by atoms with E-state index >= 15 is 0 Å². The zero-order valence-electron chi connectivity index (χ0n) is 22.3. The summed E-state index contributed by atoms with van der Waals surface area (Å²) in [6, 6.07) is 10.6. The van der Waals surface area contributed by atoms with E-state index in [0.717, 1.165) is 78.3 Å². The molecule has 0 spiro atoms. The Morgan fingerprint density at radius 1 is 1.13 bits per heavy atom. The molecule has 204 valence electrons. The van der Waals surface area contributed by atoms with Crippen LogP contribution in [-0.4, -0.2) is 53.6 Å². The topological polar surface area (TPSA) is 74.7 Å². The highest BCUT2D eigenvalue weighted by Crippen LogP contribution is 2.51. The third-order valence-corrected chi connectivity index (χ3v) is 8.66. The Morgan fingerprint density at radius 3 is 2.45 bits per heavy atom. The van der Waals surface area contributed by atoms with Crippen molar-refractivity contribution in [3.05, 3.63) is 47.1 Å². The Balaban J connectivity index is 0.00000336. The lowest BCUT2D eigenvalue weighted by Crippen LogP contribution is -2.40. The number of nitrogens with one attached hydrogen (secondary N) is 1. The van der Waals surface area contributed by atoms with E-state index in [1.165, 1.54) is 20.0 Å². The van der Waals surface area contributed by atoms with E-state index in [9.17, 15) is 9.90 Å². The minimum absolute atomic E-state index is 0. The second-order valence-electron chi connectivity index (χ2n) is 10.4. The molecule has 2 saturated carbocycles. The largest absolute Gasteiger partial charge is 0.503 e.